The summed E-state index contributed by atoms with van der Waals surface area (Å²) in [5.74, 6) is 0.642. The van der Waals surface area contributed by atoms with Crippen LogP contribution in [0.5, 0.6) is 0 Å². The van der Waals surface area contributed by atoms with Crippen LogP contribution in [0.3, 0.4) is 0 Å². The topological polar surface area (TPSA) is 61.2 Å². The zero-order valence-corrected chi connectivity index (χ0v) is 22.5. The second-order valence-corrected chi connectivity index (χ2v) is 10.9. The van der Waals surface area contributed by atoms with E-state index in [-0.39, 0.29) is 23.6 Å². The van der Waals surface area contributed by atoms with Gasteiger partial charge in [-0.15, -0.1) is 0 Å². The van der Waals surface area contributed by atoms with Crippen LogP contribution in [0.25, 0.3) is 10.4 Å². The lowest BCUT2D eigenvalue weighted by Crippen LogP contribution is -2.46. The number of azide groups is 1. The van der Waals surface area contributed by atoms with Crippen molar-refractivity contribution >= 4 is 0 Å². The molecule has 0 heterocycles. The monoisotopic (exact) mass is 484 g/mol. The molecule has 36 heavy (non-hydrogen) atoms. The normalized spacial score (nSPS) is 14.3. The van der Waals surface area contributed by atoms with E-state index in [1.165, 1.54) is 16.7 Å². The van der Waals surface area contributed by atoms with Crippen molar-refractivity contribution in [3.8, 4) is 0 Å². The lowest BCUT2D eigenvalue weighted by Gasteiger charge is -2.44. The molecule has 3 aromatic rings. The highest BCUT2D eigenvalue weighted by Gasteiger charge is 2.36. The Balaban J connectivity index is 1.92. The molecule has 0 aliphatic heterocycles. The third-order valence-electron chi connectivity index (χ3n) is 6.53. The van der Waals surface area contributed by atoms with E-state index in [0.29, 0.717) is 12.5 Å². The Kier molecular flexibility index (Phi) is 9.72. The van der Waals surface area contributed by atoms with Gasteiger partial charge in [0.1, 0.15) is 6.10 Å². The van der Waals surface area contributed by atoms with Crippen molar-refractivity contribution in [3.05, 3.63) is 118 Å². The highest BCUT2D eigenvalue weighted by Crippen LogP contribution is 2.39. The summed E-state index contributed by atoms with van der Waals surface area (Å²) >= 11 is 0. The van der Waals surface area contributed by atoms with E-state index in [0.717, 1.165) is 12.0 Å². The lowest BCUT2D eigenvalue weighted by atomic mass is 9.91. The first-order valence-corrected chi connectivity index (χ1v) is 12.9. The maximum absolute atomic E-state index is 8.59. The maximum atomic E-state index is 8.59. The standard InChI is InChI=1S/C31H40N4O/c1-23(2)30(28-15-11-8-12-16-28)35(31(4,5)6)36-29(27-13-9-7-10-14-27)21-24(3)26-19-17-25(18-20-26)22-33-34-32/h7-20,23-24,29-30H,21-22H2,1-6H3. The molecule has 0 bridgehead atoms. The average molecular weight is 485 g/mol. The van der Waals surface area contributed by atoms with Gasteiger partial charge >= 0.3 is 0 Å². The summed E-state index contributed by atoms with van der Waals surface area (Å²) in [6.45, 7) is 13.8. The van der Waals surface area contributed by atoms with Crippen LogP contribution in [-0.2, 0) is 11.4 Å². The van der Waals surface area contributed by atoms with Gasteiger partial charge in [-0.1, -0.05) is 111 Å². The average Bonchev–Trinajstić information content (AvgIpc) is 2.87. The summed E-state index contributed by atoms with van der Waals surface area (Å²) in [7, 11) is 0. The van der Waals surface area contributed by atoms with Gasteiger partial charge in [-0.25, -0.2) is 0 Å². The number of nitrogens with zero attached hydrogens (tertiary/aromatic N) is 4. The summed E-state index contributed by atoms with van der Waals surface area (Å²) in [5.41, 5.74) is 13.1. The Morgan fingerprint density at radius 3 is 1.86 bits per heavy atom. The van der Waals surface area contributed by atoms with Crippen molar-refractivity contribution in [2.24, 2.45) is 11.0 Å². The molecule has 3 aromatic carbocycles. The molecule has 0 amide bonds. The van der Waals surface area contributed by atoms with Crippen molar-refractivity contribution in [2.75, 3.05) is 0 Å². The van der Waals surface area contributed by atoms with Crippen LogP contribution in [0.4, 0.5) is 0 Å². The van der Waals surface area contributed by atoms with Crippen LogP contribution in [0.1, 0.15) is 88.3 Å². The van der Waals surface area contributed by atoms with Crippen molar-refractivity contribution in [2.45, 2.75) is 78.1 Å². The van der Waals surface area contributed by atoms with Crippen molar-refractivity contribution in [3.63, 3.8) is 0 Å². The summed E-state index contributed by atoms with van der Waals surface area (Å²) in [5, 5.41) is 5.89. The third kappa shape index (κ3) is 7.44. The fourth-order valence-electron chi connectivity index (χ4n) is 4.65. The van der Waals surface area contributed by atoms with Gasteiger partial charge in [0.15, 0.2) is 0 Å². The van der Waals surface area contributed by atoms with Gasteiger partial charge in [0.05, 0.1) is 12.6 Å². The number of hydrogen-bond acceptors (Lipinski definition) is 3. The number of rotatable bonds is 11. The first kappa shape index (κ1) is 27.5. The Labute approximate surface area is 216 Å². The molecule has 3 atom stereocenters. The minimum atomic E-state index is -0.204. The molecule has 5 heteroatoms. The zero-order valence-electron chi connectivity index (χ0n) is 22.5. The van der Waals surface area contributed by atoms with E-state index >= 15 is 0 Å². The van der Waals surface area contributed by atoms with Crippen molar-refractivity contribution < 1.29 is 4.84 Å². The minimum absolute atomic E-state index is 0.103. The molecule has 5 nitrogen and oxygen atoms in total. The summed E-state index contributed by atoms with van der Waals surface area (Å²) < 4.78 is 0. The third-order valence-corrected chi connectivity index (χ3v) is 6.53. The van der Waals surface area contributed by atoms with Gasteiger partial charge in [-0.2, -0.15) is 5.06 Å². The Bertz CT molecular complexity index is 1100. The molecule has 0 aromatic heterocycles. The predicted octanol–water partition coefficient (Wildman–Crippen LogP) is 9.16. The molecule has 0 radical (unpaired) electrons. The number of hydroxylamine groups is 2. The van der Waals surface area contributed by atoms with Crippen LogP contribution in [0.2, 0.25) is 0 Å². The first-order valence-electron chi connectivity index (χ1n) is 12.9. The molecule has 0 saturated carbocycles. The van der Waals surface area contributed by atoms with Gasteiger partial charge in [-0.3, -0.25) is 4.84 Å². The van der Waals surface area contributed by atoms with Gasteiger partial charge in [0.2, 0.25) is 0 Å². The van der Waals surface area contributed by atoms with Gasteiger partial charge in [0, 0.05) is 10.5 Å². The first-order chi connectivity index (χ1) is 17.2. The van der Waals surface area contributed by atoms with E-state index in [4.69, 9.17) is 10.4 Å². The maximum Gasteiger partial charge on any atom is 0.105 e. The fraction of sp³-hybridized carbons (Fsp3) is 0.419. The quantitative estimate of drug-likeness (QED) is 0.118. The second-order valence-electron chi connectivity index (χ2n) is 10.9. The fourth-order valence-corrected chi connectivity index (χ4v) is 4.65. The Morgan fingerprint density at radius 1 is 0.806 bits per heavy atom. The Hall–Kier alpha value is -3.11. The van der Waals surface area contributed by atoms with Gasteiger partial charge in [0.25, 0.3) is 0 Å². The molecule has 3 rings (SSSR count). The zero-order chi connectivity index (χ0) is 26.1. The molecular weight excluding hydrogens is 444 g/mol. The molecule has 0 aliphatic rings. The van der Waals surface area contributed by atoms with Crippen LogP contribution in [0, 0.1) is 5.92 Å². The highest BCUT2D eigenvalue weighted by atomic mass is 16.7. The smallest absolute Gasteiger partial charge is 0.105 e. The largest absolute Gasteiger partial charge is 0.290 e. The number of benzene rings is 3. The van der Waals surface area contributed by atoms with Gasteiger partial charge in [-0.05, 0) is 66.8 Å². The molecule has 0 spiro atoms. The molecule has 0 aliphatic carbocycles. The molecule has 0 N–H and O–H groups in total. The predicted molar refractivity (Wildman–Crippen MR) is 148 cm³/mol. The highest BCUT2D eigenvalue weighted by molar-refractivity contribution is 5.26. The Morgan fingerprint density at radius 2 is 1.36 bits per heavy atom. The van der Waals surface area contributed by atoms with E-state index in [1.54, 1.807) is 0 Å². The van der Waals surface area contributed by atoms with Crippen molar-refractivity contribution in [1.29, 1.82) is 0 Å². The van der Waals surface area contributed by atoms with Gasteiger partial charge < -0.3 is 0 Å². The van der Waals surface area contributed by atoms with Crippen LogP contribution in [-0.4, -0.2) is 10.6 Å². The molecule has 190 valence electrons. The van der Waals surface area contributed by atoms with E-state index in [1.807, 2.05) is 12.1 Å². The van der Waals surface area contributed by atoms with Crippen LogP contribution in [0.15, 0.2) is 90.0 Å². The minimum Gasteiger partial charge on any atom is -0.290 e. The molecule has 0 fully saturated rings. The molecule has 0 saturated heterocycles. The summed E-state index contributed by atoms with van der Waals surface area (Å²) in [6.07, 6.45) is 0.736. The second kappa shape index (κ2) is 12.7. The van der Waals surface area contributed by atoms with E-state index < -0.39 is 0 Å². The van der Waals surface area contributed by atoms with Crippen LogP contribution < -0.4 is 0 Å². The lowest BCUT2D eigenvalue weighted by molar-refractivity contribution is -0.278. The molecular formula is C31H40N4O. The van der Waals surface area contributed by atoms with E-state index in [2.05, 4.69) is 129 Å². The summed E-state index contributed by atoms with van der Waals surface area (Å²) in [4.78, 5) is 9.89. The summed E-state index contributed by atoms with van der Waals surface area (Å²) in [6, 6.07) is 29.7. The number of hydrogen-bond donors (Lipinski definition) is 0. The SMILES string of the molecule is CC(CC(ON(C(c1ccccc1)C(C)C)C(C)(C)C)c1ccccc1)c1ccc(CN=[N+]=[N-])cc1. The van der Waals surface area contributed by atoms with Crippen molar-refractivity contribution in [1.82, 2.24) is 5.06 Å². The van der Waals surface area contributed by atoms with Crippen LogP contribution >= 0.6 is 0 Å². The van der Waals surface area contributed by atoms with E-state index in [9.17, 15) is 0 Å². The molecule has 3 unspecified atom stereocenters.